The van der Waals surface area contributed by atoms with Gasteiger partial charge in [-0.1, -0.05) is 48.5 Å². The van der Waals surface area contributed by atoms with Crippen molar-refractivity contribution in [3.63, 3.8) is 0 Å². The monoisotopic (exact) mass is 553 g/mol. The number of H-pyrrole nitrogens is 1. The maximum Gasteiger partial charge on any atom is 0.326 e. The molecule has 4 atom stereocenters. The second-order valence-corrected chi connectivity index (χ2v) is 9.16. The first-order valence-corrected chi connectivity index (χ1v) is 12.4. The number of amides is 3. The summed E-state index contributed by atoms with van der Waals surface area (Å²) in [6, 6.07) is 10.0. The van der Waals surface area contributed by atoms with Crippen LogP contribution in [0.4, 0.5) is 0 Å². The van der Waals surface area contributed by atoms with Gasteiger partial charge in [0.1, 0.15) is 24.2 Å². The van der Waals surface area contributed by atoms with E-state index in [4.69, 9.17) is 5.73 Å². The molecule has 0 saturated carbocycles. The number of carboxylic acids is 2. The highest BCUT2D eigenvalue weighted by molar-refractivity contribution is 5.96. The Balaban J connectivity index is 1.81. The normalized spacial score (nSPS) is 13.9. The lowest BCUT2D eigenvalue weighted by Gasteiger charge is -2.24. The van der Waals surface area contributed by atoms with Gasteiger partial charge >= 0.3 is 11.9 Å². The SMILES string of the molecule is NC(CO)C(=O)NC(Cc1c[nH]c2ccccc12)C(=O)NC(CC(=O)O)C(=O)NC(Cc1ccccc1)C(=O)O. The zero-order chi connectivity index (χ0) is 29.2. The van der Waals surface area contributed by atoms with Crippen LogP contribution < -0.4 is 21.7 Å². The van der Waals surface area contributed by atoms with Crippen LogP contribution in [0.1, 0.15) is 17.5 Å². The van der Waals surface area contributed by atoms with Crippen LogP contribution in [0.15, 0.2) is 60.8 Å². The first-order chi connectivity index (χ1) is 19.1. The molecule has 1 aromatic heterocycles. The molecule has 0 saturated heterocycles. The smallest absolute Gasteiger partial charge is 0.326 e. The molecule has 13 nitrogen and oxygen atoms in total. The van der Waals surface area contributed by atoms with Gasteiger partial charge in [-0.25, -0.2) is 4.79 Å². The Morgan fingerprint density at radius 1 is 0.775 bits per heavy atom. The zero-order valence-corrected chi connectivity index (χ0v) is 21.4. The molecule has 0 fully saturated rings. The largest absolute Gasteiger partial charge is 0.481 e. The average Bonchev–Trinajstić information content (AvgIpc) is 3.34. The van der Waals surface area contributed by atoms with Crippen LogP contribution in [0.25, 0.3) is 10.9 Å². The number of nitrogens with two attached hydrogens (primary N) is 1. The van der Waals surface area contributed by atoms with Gasteiger partial charge in [0.05, 0.1) is 13.0 Å². The summed E-state index contributed by atoms with van der Waals surface area (Å²) < 4.78 is 0. The number of para-hydroxylation sites is 1. The predicted molar refractivity (Wildman–Crippen MR) is 143 cm³/mol. The molecular weight excluding hydrogens is 522 g/mol. The molecule has 3 aromatic rings. The van der Waals surface area contributed by atoms with E-state index in [-0.39, 0.29) is 12.8 Å². The fourth-order valence-electron chi connectivity index (χ4n) is 4.07. The van der Waals surface area contributed by atoms with Gasteiger partial charge in [-0.2, -0.15) is 0 Å². The van der Waals surface area contributed by atoms with Gasteiger partial charge < -0.3 is 42.0 Å². The quantitative estimate of drug-likeness (QED) is 0.126. The fourth-order valence-corrected chi connectivity index (χ4v) is 4.07. The minimum Gasteiger partial charge on any atom is -0.481 e. The minimum absolute atomic E-state index is 0.0626. The number of aromatic nitrogens is 1. The molecule has 13 heteroatoms. The molecule has 3 amide bonds. The molecule has 4 unspecified atom stereocenters. The van der Waals surface area contributed by atoms with Crippen LogP contribution in [0, 0.1) is 0 Å². The molecule has 40 heavy (non-hydrogen) atoms. The van der Waals surface area contributed by atoms with Gasteiger partial charge in [0.2, 0.25) is 17.7 Å². The highest BCUT2D eigenvalue weighted by atomic mass is 16.4. The molecule has 0 aliphatic carbocycles. The van der Waals surface area contributed by atoms with E-state index in [1.54, 1.807) is 48.7 Å². The van der Waals surface area contributed by atoms with E-state index < -0.39 is 66.9 Å². The number of aliphatic hydroxyl groups excluding tert-OH is 1. The lowest BCUT2D eigenvalue weighted by molar-refractivity contribution is -0.143. The van der Waals surface area contributed by atoms with Crippen LogP contribution in [0.2, 0.25) is 0 Å². The van der Waals surface area contributed by atoms with Crippen molar-refractivity contribution >= 4 is 40.6 Å². The number of carbonyl (C=O) groups excluding carboxylic acids is 3. The minimum atomic E-state index is -1.66. The van der Waals surface area contributed by atoms with Crippen LogP contribution in [0.5, 0.6) is 0 Å². The summed E-state index contributed by atoms with van der Waals surface area (Å²) in [5.41, 5.74) is 7.63. The molecule has 212 valence electrons. The maximum atomic E-state index is 13.3. The highest BCUT2D eigenvalue weighted by Gasteiger charge is 2.32. The lowest BCUT2D eigenvalue weighted by atomic mass is 10.0. The van der Waals surface area contributed by atoms with Crippen molar-refractivity contribution in [3.8, 4) is 0 Å². The molecule has 0 aliphatic heterocycles. The number of benzene rings is 2. The van der Waals surface area contributed by atoms with Crippen molar-refractivity contribution < 1.29 is 39.3 Å². The standard InChI is InChI=1S/C27H31N5O8/c28-18(14-33)24(36)30-20(11-16-13-29-19-9-5-4-8-17(16)19)25(37)31-21(12-23(34)35)26(38)32-22(27(39)40)10-15-6-2-1-3-7-15/h1-9,13,18,20-22,29,33H,10-12,14,28H2,(H,30,36)(H,31,37)(H,32,38)(H,34,35)(H,39,40). The summed E-state index contributed by atoms with van der Waals surface area (Å²) in [5, 5.41) is 36.1. The van der Waals surface area contributed by atoms with Crippen molar-refractivity contribution in [1.29, 1.82) is 0 Å². The third-order valence-electron chi connectivity index (χ3n) is 6.17. The van der Waals surface area contributed by atoms with Gasteiger partial charge in [-0.15, -0.1) is 0 Å². The van der Waals surface area contributed by atoms with Crippen molar-refractivity contribution in [2.45, 2.75) is 43.4 Å². The van der Waals surface area contributed by atoms with Gasteiger partial charge in [-0.3, -0.25) is 19.2 Å². The Labute approximate surface area is 228 Å². The number of nitrogens with one attached hydrogen (secondary N) is 4. The van der Waals surface area contributed by atoms with E-state index in [1.807, 2.05) is 12.1 Å². The number of aromatic amines is 1. The number of rotatable bonds is 14. The molecule has 0 bridgehead atoms. The third kappa shape index (κ3) is 8.12. The van der Waals surface area contributed by atoms with Crippen molar-refractivity contribution in [2.24, 2.45) is 5.73 Å². The van der Waals surface area contributed by atoms with Gasteiger partial charge in [0.25, 0.3) is 0 Å². The van der Waals surface area contributed by atoms with E-state index in [0.29, 0.717) is 11.1 Å². The van der Waals surface area contributed by atoms with Crippen LogP contribution in [-0.4, -0.2) is 80.7 Å². The van der Waals surface area contributed by atoms with E-state index in [2.05, 4.69) is 20.9 Å². The topological polar surface area (TPSA) is 224 Å². The molecule has 0 radical (unpaired) electrons. The molecule has 9 N–H and O–H groups in total. The summed E-state index contributed by atoms with van der Waals surface area (Å²) in [7, 11) is 0. The number of fused-ring (bicyclic) bond motifs is 1. The first-order valence-electron chi connectivity index (χ1n) is 12.4. The number of carbonyl (C=O) groups is 5. The van der Waals surface area contributed by atoms with E-state index in [1.165, 1.54) is 0 Å². The van der Waals surface area contributed by atoms with E-state index in [9.17, 15) is 39.3 Å². The first kappa shape index (κ1) is 29.8. The van der Waals surface area contributed by atoms with Crippen LogP contribution in [0.3, 0.4) is 0 Å². The molecule has 0 spiro atoms. The molecule has 1 heterocycles. The van der Waals surface area contributed by atoms with Crippen LogP contribution in [-0.2, 0) is 36.8 Å². The molecule has 0 aliphatic rings. The number of hydrogen-bond donors (Lipinski definition) is 8. The maximum absolute atomic E-state index is 13.3. The van der Waals surface area contributed by atoms with Crippen molar-refractivity contribution in [1.82, 2.24) is 20.9 Å². The zero-order valence-electron chi connectivity index (χ0n) is 21.4. The summed E-state index contributed by atoms with van der Waals surface area (Å²) in [5.74, 6) is -5.53. The Morgan fingerprint density at radius 3 is 2.02 bits per heavy atom. The average molecular weight is 554 g/mol. The van der Waals surface area contributed by atoms with Crippen molar-refractivity contribution in [3.05, 3.63) is 71.9 Å². The molecule has 2 aromatic carbocycles. The number of hydrogen-bond acceptors (Lipinski definition) is 7. The molecular formula is C27H31N5O8. The fraction of sp³-hybridized carbons (Fsp3) is 0.296. The number of aliphatic hydroxyl groups is 1. The van der Waals surface area contributed by atoms with Crippen molar-refractivity contribution in [2.75, 3.05) is 6.61 Å². The second-order valence-electron chi connectivity index (χ2n) is 9.16. The summed E-state index contributed by atoms with van der Waals surface area (Å²) in [6.45, 7) is -0.685. The van der Waals surface area contributed by atoms with Gasteiger partial charge in [0.15, 0.2) is 0 Å². The Bertz CT molecular complexity index is 1360. The highest BCUT2D eigenvalue weighted by Crippen LogP contribution is 2.19. The second kappa shape index (κ2) is 13.9. The van der Waals surface area contributed by atoms with Gasteiger partial charge in [-0.05, 0) is 17.2 Å². The van der Waals surface area contributed by atoms with E-state index >= 15 is 0 Å². The molecule has 3 rings (SSSR count). The summed E-state index contributed by atoms with van der Waals surface area (Å²) in [6.07, 6.45) is 0.658. The van der Waals surface area contributed by atoms with Crippen LogP contribution >= 0.6 is 0 Å². The summed E-state index contributed by atoms with van der Waals surface area (Å²) in [4.78, 5) is 65.2. The number of aliphatic carboxylic acids is 2. The Hall–Kier alpha value is -4.75. The number of carboxylic acid groups (broad SMARTS) is 2. The predicted octanol–water partition coefficient (Wildman–Crippen LogP) is -0.714. The summed E-state index contributed by atoms with van der Waals surface area (Å²) >= 11 is 0. The van der Waals surface area contributed by atoms with E-state index in [0.717, 1.165) is 10.9 Å². The third-order valence-corrected chi connectivity index (χ3v) is 6.17. The van der Waals surface area contributed by atoms with Gasteiger partial charge in [0, 0.05) is 29.9 Å². The Morgan fingerprint density at radius 2 is 1.38 bits per heavy atom. The Kier molecular flexibility index (Phi) is 10.3. The lowest BCUT2D eigenvalue weighted by Crippen LogP contribution is -2.58.